The van der Waals surface area contributed by atoms with Gasteiger partial charge in [0.1, 0.15) is 17.4 Å². The zero-order valence-corrected chi connectivity index (χ0v) is 21.1. The first-order valence-corrected chi connectivity index (χ1v) is 12.3. The van der Waals surface area contributed by atoms with Crippen LogP contribution in [0.25, 0.3) is 0 Å². The number of rotatable bonds is 8. The molecule has 0 unspecified atom stereocenters. The van der Waals surface area contributed by atoms with Gasteiger partial charge in [-0.2, -0.15) is 22.0 Å². The molecule has 0 spiro atoms. The summed E-state index contributed by atoms with van der Waals surface area (Å²) in [5.41, 5.74) is -1.72. The highest BCUT2D eigenvalue weighted by atomic mass is 19.4. The van der Waals surface area contributed by atoms with E-state index in [1.54, 1.807) is 30.3 Å². The average molecular weight is 590 g/mol. The van der Waals surface area contributed by atoms with E-state index in [0.717, 1.165) is 18.2 Å². The fraction of sp³-hybridized carbons (Fsp3) is 0.321. The molecule has 220 valence electrons. The van der Waals surface area contributed by atoms with E-state index in [9.17, 15) is 44.3 Å². The van der Waals surface area contributed by atoms with Gasteiger partial charge in [0.05, 0.1) is 5.54 Å². The van der Waals surface area contributed by atoms with Crippen LogP contribution in [0, 0.1) is 11.6 Å². The van der Waals surface area contributed by atoms with Crippen molar-refractivity contribution in [3.8, 4) is 5.75 Å². The van der Waals surface area contributed by atoms with Crippen LogP contribution in [0.4, 0.5) is 44.3 Å². The molecule has 2 amide bonds. The molecule has 2 N–H and O–H groups in total. The Bertz CT molecular complexity index is 1370. The number of carbonyl (C=O) groups is 1. The molecule has 1 saturated carbocycles. The van der Waals surface area contributed by atoms with Gasteiger partial charge >= 0.3 is 18.3 Å². The van der Waals surface area contributed by atoms with Gasteiger partial charge in [-0.3, -0.25) is 0 Å². The van der Waals surface area contributed by atoms with Crippen LogP contribution in [-0.2, 0) is 12.0 Å². The molecule has 1 fully saturated rings. The average Bonchev–Trinajstić information content (AvgIpc) is 3.21. The SMILES string of the molecule is O=C(N[C@H]1CCC(F)(F)C1)N[C@](Cc1ccccc1)(c1ccc(F)cc1)c1cc(F)cc(OC(F)(F)C(F)(F)F)c1. The molecule has 0 aliphatic heterocycles. The van der Waals surface area contributed by atoms with Crippen molar-refractivity contribution in [3.05, 3.63) is 101 Å². The summed E-state index contributed by atoms with van der Waals surface area (Å²) in [4.78, 5) is 13.2. The summed E-state index contributed by atoms with van der Waals surface area (Å²) in [7, 11) is 0. The number of urea groups is 1. The van der Waals surface area contributed by atoms with E-state index in [-0.39, 0.29) is 24.0 Å². The van der Waals surface area contributed by atoms with E-state index in [1.807, 2.05) is 0 Å². The second kappa shape index (κ2) is 11.2. The Labute approximate surface area is 228 Å². The number of ether oxygens (including phenoxy) is 1. The number of halogens is 9. The molecule has 41 heavy (non-hydrogen) atoms. The third-order valence-corrected chi connectivity index (χ3v) is 6.66. The Kier molecular flexibility index (Phi) is 8.19. The molecule has 3 aromatic rings. The van der Waals surface area contributed by atoms with Gasteiger partial charge < -0.3 is 15.4 Å². The zero-order valence-electron chi connectivity index (χ0n) is 21.1. The Morgan fingerprint density at radius 1 is 0.878 bits per heavy atom. The largest absolute Gasteiger partial charge is 0.499 e. The van der Waals surface area contributed by atoms with Gasteiger partial charge in [0.15, 0.2) is 0 Å². The van der Waals surface area contributed by atoms with E-state index in [2.05, 4.69) is 15.4 Å². The minimum atomic E-state index is -6.13. The van der Waals surface area contributed by atoms with Gasteiger partial charge in [-0.05, 0) is 47.4 Å². The molecule has 1 aliphatic carbocycles. The second-order valence-electron chi connectivity index (χ2n) is 9.76. The Morgan fingerprint density at radius 3 is 2.12 bits per heavy atom. The lowest BCUT2D eigenvalue weighted by Gasteiger charge is -2.37. The summed E-state index contributed by atoms with van der Waals surface area (Å²) in [5, 5.41) is 5.00. The third-order valence-electron chi connectivity index (χ3n) is 6.66. The van der Waals surface area contributed by atoms with Crippen LogP contribution in [-0.4, -0.2) is 30.3 Å². The summed E-state index contributed by atoms with van der Waals surface area (Å²) >= 11 is 0. The lowest BCUT2D eigenvalue weighted by molar-refractivity contribution is -0.360. The highest BCUT2D eigenvalue weighted by Gasteiger charge is 2.61. The number of hydrogen-bond acceptors (Lipinski definition) is 2. The van der Waals surface area contributed by atoms with Gasteiger partial charge in [0, 0.05) is 31.4 Å². The Balaban J connectivity index is 1.84. The number of alkyl halides is 7. The van der Waals surface area contributed by atoms with Crippen LogP contribution in [0.15, 0.2) is 72.8 Å². The first-order chi connectivity index (χ1) is 19.1. The maximum absolute atomic E-state index is 14.8. The maximum atomic E-state index is 14.8. The van der Waals surface area contributed by atoms with Crippen molar-refractivity contribution in [1.29, 1.82) is 0 Å². The number of hydrogen-bond donors (Lipinski definition) is 2. The van der Waals surface area contributed by atoms with E-state index in [0.29, 0.717) is 17.7 Å². The number of carbonyl (C=O) groups excluding carboxylic acids is 1. The quantitative estimate of drug-likeness (QED) is 0.268. The number of benzene rings is 3. The zero-order chi connectivity index (χ0) is 30.1. The van der Waals surface area contributed by atoms with Crippen LogP contribution >= 0.6 is 0 Å². The molecule has 0 bridgehead atoms. The monoisotopic (exact) mass is 590 g/mol. The summed E-state index contributed by atoms with van der Waals surface area (Å²) in [6.07, 6.45) is -13.2. The van der Waals surface area contributed by atoms with E-state index < -0.39 is 66.0 Å². The Morgan fingerprint density at radius 2 is 1.54 bits per heavy atom. The van der Waals surface area contributed by atoms with E-state index in [4.69, 9.17) is 0 Å². The van der Waals surface area contributed by atoms with Crippen LogP contribution in [0.1, 0.15) is 36.0 Å². The van der Waals surface area contributed by atoms with Crippen molar-refractivity contribution in [1.82, 2.24) is 10.6 Å². The van der Waals surface area contributed by atoms with Crippen LogP contribution in [0.2, 0.25) is 0 Å². The fourth-order valence-corrected chi connectivity index (χ4v) is 4.76. The molecule has 3 aromatic carbocycles. The topological polar surface area (TPSA) is 50.4 Å². The predicted octanol–water partition coefficient (Wildman–Crippen LogP) is 7.47. The molecule has 13 heteroatoms. The van der Waals surface area contributed by atoms with Gasteiger partial charge in [-0.25, -0.2) is 22.4 Å². The molecular formula is C28H23F9N2O2. The molecule has 0 radical (unpaired) electrons. The minimum Gasteiger partial charge on any atom is -0.426 e. The van der Waals surface area contributed by atoms with Gasteiger partial charge in [-0.1, -0.05) is 42.5 Å². The van der Waals surface area contributed by atoms with Gasteiger partial charge in [0.2, 0.25) is 5.92 Å². The smallest absolute Gasteiger partial charge is 0.426 e. The highest BCUT2D eigenvalue weighted by Crippen LogP contribution is 2.41. The van der Waals surface area contributed by atoms with Gasteiger partial charge in [0.25, 0.3) is 0 Å². The number of amides is 2. The summed E-state index contributed by atoms with van der Waals surface area (Å²) in [6.45, 7) is 0. The lowest BCUT2D eigenvalue weighted by Crippen LogP contribution is -2.54. The predicted molar refractivity (Wildman–Crippen MR) is 130 cm³/mol. The summed E-state index contributed by atoms with van der Waals surface area (Å²) in [5.74, 6) is -6.20. The van der Waals surface area contributed by atoms with Crippen molar-refractivity contribution in [3.63, 3.8) is 0 Å². The van der Waals surface area contributed by atoms with Crippen LogP contribution < -0.4 is 15.4 Å². The lowest BCUT2D eigenvalue weighted by atomic mass is 9.77. The third kappa shape index (κ3) is 7.06. The fourth-order valence-electron chi connectivity index (χ4n) is 4.76. The maximum Gasteiger partial charge on any atom is 0.499 e. The Hall–Kier alpha value is -3.90. The molecule has 1 aliphatic rings. The van der Waals surface area contributed by atoms with Gasteiger partial charge in [-0.15, -0.1) is 0 Å². The normalized spacial score (nSPS) is 18.4. The van der Waals surface area contributed by atoms with E-state index in [1.165, 1.54) is 12.1 Å². The molecule has 4 nitrogen and oxygen atoms in total. The van der Waals surface area contributed by atoms with Crippen LogP contribution in [0.5, 0.6) is 5.75 Å². The standard InChI is InChI=1S/C28H23F9N2O2/c29-20-8-6-18(7-9-20)26(15-17-4-2-1-3-5-17,39-24(40)38-22-10-11-25(31,32)16-22)19-12-21(30)14-23(13-19)41-28(36,37)27(33,34)35/h1-9,12-14,22H,10-11,15-16H2,(H2,38,39,40)/t22-,26+/m0/s1. The molecule has 0 saturated heterocycles. The van der Waals surface area contributed by atoms with Crippen molar-refractivity contribution in [2.45, 2.75) is 55.5 Å². The molecule has 0 aromatic heterocycles. The summed E-state index contributed by atoms with van der Waals surface area (Å²) < 4.78 is 126. The van der Waals surface area contributed by atoms with Crippen molar-refractivity contribution in [2.24, 2.45) is 0 Å². The molecular weight excluding hydrogens is 567 g/mol. The van der Waals surface area contributed by atoms with Crippen molar-refractivity contribution >= 4 is 6.03 Å². The van der Waals surface area contributed by atoms with Crippen LogP contribution in [0.3, 0.4) is 0 Å². The molecule has 0 heterocycles. The number of nitrogens with one attached hydrogen (secondary N) is 2. The highest BCUT2D eigenvalue weighted by molar-refractivity contribution is 5.76. The first-order valence-electron chi connectivity index (χ1n) is 12.3. The first kappa shape index (κ1) is 30.1. The summed E-state index contributed by atoms with van der Waals surface area (Å²) in [6, 6.07) is 12.4. The van der Waals surface area contributed by atoms with E-state index >= 15 is 0 Å². The van der Waals surface area contributed by atoms with Crippen molar-refractivity contribution < 1.29 is 49.0 Å². The molecule has 4 rings (SSSR count). The minimum absolute atomic E-state index is 0.0485. The van der Waals surface area contributed by atoms with Crippen molar-refractivity contribution in [2.75, 3.05) is 0 Å². The molecule has 2 atom stereocenters. The second-order valence-corrected chi connectivity index (χ2v) is 9.76.